The minimum Gasteiger partial charge on any atom is -0.346 e. The molecular formula is C18H15Cl2N3O. The van der Waals surface area contributed by atoms with E-state index in [1.165, 1.54) is 6.08 Å². The zero-order chi connectivity index (χ0) is 17.1. The van der Waals surface area contributed by atoms with Crippen LogP contribution in [0.1, 0.15) is 24.2 Å². The quantitative estimate of drug-likeness (QED) is 0.695. The molecular weight excluding hydrogens is 345 g/mol. The fraction of sp³-hybridized carbons (Fsp3) is 0.111. The molecule has 0 spiro atoms. The number of benzene rings is 1. The molecule has 0 saturated heterocycles. The summed E-state index contributed by atoms with van der Waals surface area (Å²) < 4.78 is 1.83. The fourth-order valence-electron chi connectivity index (χ4n) is 2.39. The average molecular weight is 360 g/mol. The van der Waals surface area contributed by atoms with Gasteiger partial charge in [0, 0.05) is 17.3 Å². The molecule has 1 unspecified atom stereocenters. The summed E-state index contributed by atoms with van der Waals surface area (Å²) in [6, 6.07) is 12.9. The third-order valence-corrected chi connectivity index (χ3v) is 4.17. The Kier molecular flexibility index (Phi) is 4.88. The number of halogens is 2. The summed E-state index contributed by atoms with van der Waals surface area (Å²) in [7, 11) is 0. The minimum absolute atomic E-state index is 0.128. The number of fused-ring (bicyclic) bond motifs is 1. The van der Waals surface area contributed by atoms with Gasteiger partial charge in [-0.15, -0.1) is 0 Å². The van der Waals surface area contributed by atoms with Gasteiger partial charge < -0.3 is 5.32 Å². The van der Waals surface area contributed by atoms with E-state index in [-0.39, 0.29) is 11.9 Å². The highest BCUT2D eigenvalue weighted by atomic mass is 35.5. The van der Waals surface area contributed by atoms with Crippen LogP contribution in [0.3, 0.4) is 0 Å². The molecule has 0 aliphatic heterocycles. The Morgan fingerprint density at radius 2 is 1.96 bits per heavy atom. The Hall–Kier alpha value is -2.30. The molecule has 0 aliphatic carbocycles. The second-order valence-corrected chi connectivity index (χ2v) is 6.13. The summed E-state index contributed by atoms with van der Waals surface area (Å²) in [5, 5.41) is 3.93. The highest BCUT2D eigenvalue weighted by molar-refractivity contribution is 6.31. The molecule has 6 heteroatoms. The van der Waals surface area contributed by atoms with Crippen molar-refractivity contribution < 1.29 is 4.79 Å². The lowest BCUT2D eigenvalue weighted by molar-refractivity contribution is -0.117. The summed E-state index contributed by atoms with van der Waals surface area (Å²) >= 11 is 12.0. The number of amides is 1. The molecule has 1 aromatic carbocycles. The summed E-state index contributed by atoms with van der Waals surface area (Å²) in [5.74, 6) is -0.209. The van der Waals surface area contributed by atoms with Crippen LogP contribution in [0.4, 0.5) is 0 Å². The Bertz CT molecular complexity index is 900. The summed E-state index contributed by atoms with van der Waals surface area (Å²) in [4.78, 5) is 16.4. The highest BCUT2D eigenvalue weighted by Gasteiger charge is 2.09. The summed E-state index contributed by atoms with van der Waals surface area (Å²) in [5.41, 5.74) is 2.38. The van der Waals surface area contributed by atoms with E-state index >= 15 is 0 Å². The molecule has 1 atom stereocenters. The standard InChI is InChI=1S/C18H15Cl2N3O/c1-12(13-5-7-14(19)8-6-13)21-17(24)10-9-15-18(20)22-16-4-2-3-11-23(15)16/h2-12H,1H3,(H,21,24)/b10-9+. The molecule has 0 fully saturated rings. The first-order valence-corrected chi connectivity index (χ1v) is 8.17. The van der Waals surface area contributed by atoms with Crippen molar-refractivity contribution in [1.82, 2.24) is 14.7 Å². The van der Waals surface area contributed by atoms with Gasteiger partial charge in [0.05, 0.1) is 11.7 Å². The van der Waals surface area contributed by atoms with Crippen molar-refractivity contribution in [2.45, 2.75) is 13.0 Å². The van der Waals surface area contributed by atoms with E-state index in [4.69, 9.17) is 23.2 Å². The monoisotopic (exact) mass is 359 g/mol. The molecule has 122 valence electrons. The lowest BCUT2D eigenvalue weighted by atomic mass is 10.1. The van der Waals surface area contributed by atoms with Gasteiger partial charge in [0.25, 0.3) is 0 Å². The maximum absolute atomic E-state index is 12.1. The molecule has 1 N–H and O–H groups in total. The van der Waals surface area contributed by atoms with Crippen molar-refractivity contribution >= 4 is 40.8 Å². The predicted octanol–water partition coefficient (Wildman–Crippen LogP) is 4.53. The predicted molar refractivity (Wildman–Crippen MR) is 97.2 cm³/mol. The number of hydrogen-bond donors (Lipinski definition) is 1. The summed E-state index contributed by atoms with van der Waals surface area (Å²) in [6.07, 6.45) is 4.96. The van der Waals surface area contributed by atoms with Crippen molar-refractivity contribution in [1.29, 1.82) is 0 Å². The maximum atomic E-state index is 12.1. The van der Waals surface area contributed by atoms with Crippen molar-refractivity contribution in [2.75, 3.05) is 0 Å². The van der Waals surface area contributed by atoms with Crippen LogP contribution < -0.4 is 5.32 Å². The van der Waals surface area contributed by atoms with E-state index in [0.29, 0.717) is 15.9 Å². The number of rotatable bonds is 4. The second kappa shape index (κ2) is 7.07. The zero-order valence-corrected chi connectivity index (χ0v) is 14.4. The molecule has 3 aromatic rings. The molecule has 3 rings (SSSR count). The molecule has 2 heterocycles. The topological polar surface area (TPSA) is 46.4 Å². The van der Waals surface area contributed by atoms with Crippen molar-refractivity contribution in [3.8, 4) is 0 Å². The van der Waals surface area contributed by atoms with Crippen LogP contribution in [0.5, 0.6) is 0 Å². The number of carbonyl (C=O) groups is 1. The van der Waals surface area contributed by atoms with E-state index in [2.05, 4.69) is 10.3 Å². The number of pyridine rings is 1. The van der Waals surface area contributed by atoms with E-state index < -0.39 is 0 Å². The lowest BCUT2D eigenvalue weighted by Crippen LogP contribution is -2.24. The molecule has 0 aliphatic rings. The zero-order valence-electron chi connectivity index (χ0n) is 12.9. The Morgan fingerprint density at radius 3 is 2.71 bits per heavy atom. The molecule has 4 nitrogen and oxygen atoms in total. The van der Waals surface area contributed by atoms with E-state index in [1.54, 1.807) is 18.2 Å². The van der Waals surface area contributed by atoms with Gasteiger partial charge in [-0.25, -0.2) is 4.98 Å². The van der Waals surface area contributed by atoms with Crippen LogP contribution in [-0.4, -0.2) is 15.3 Å². The molecule has 0 saturated carbocycles. The van der Waals surface area contributed by atoms with Gasteiger partial charge in [0.2, 0.25) is 5.91 Å². The first-order chi connectivity index (χ1) is 11.5. The lowest BCUT2D eigenvalue weighted by Gasteiger charge is -2.12. The molecule has 2 aromatic heterocycles. The Morgan fingerprint density at radius 1 is 1.21 bits per heavy atom. The second-order valence-electron chi connectivity index (χ2n) is 5.33. The van der Waals surface area contributed by atoms with Gasteiger partial charge in [-0.05, 0) is 42.8 Å². The number of nitrogens with zero attached hydrogens (tertiary/aromatic N) is 2. The largest absolute Gasteiger partial charge is 0.346 e. The number of aromatic nitrogens is 2. The van der Waals surface area contributed by atoms with Crippen LogP contribution in [0.25, 0.3) is 11.7 Å². The van der Waals surface area contributed by atoms with Crippen LogP contribution >= 0.6 is 23.2 Å². The van der Waals surface area contributed by atoms with Crippen LogP contribution in [0.2, 0.25) is 10.2 Å². The van der Waals surface area contributed by atoms with Gasteiger partial charge in [-0.1, -0.05) is 41.4 Å². The Balaban J connectivity index is 1.73. The average Bonchev–Trinajstić information content (AvgIpc) is 2.88. The third kappa shape index (κ3) is 3.61. The highest BCUT2D eigenvalue weighted by Crippen LogP contribution is 2.19. The fourth-order valence-corrected chi connectivity index (χ4v) is 2.75. The van der Waals surface area contributed by atoms with Crippen molar-refractivity contribution in [3.05, 3.63) is 76.2 Å². The molecule has 0 radical (unpaired) electrons. The molecule has 1 amide bonds. The Labute approximate surface area is 149 Å². The van der Waals surface area contributed by atoms with Crippen molar-refractivity contribution in [3.63, 3.8) is 0 Å². The number of imidazole rings is 1. The van der Waals surface area contributed by atoms with Gasteiger partial charge in [-0.3, -0.25) is 9.20 Å². The normalized spacial score (nSPS) is 12.6. The van der Waals surface area contributed by atoms with Crippen molar-refractivity contribution in [2.24, 2.45) is 0 Å². The van der Waals surface area contributed by atoms with Gasteiger partial charge in [0.15, 0.2) is 5.15 Å². The SMILES string of the molecule is CC(NC(=O)/C=C/c1c(Cl)nc2ccccn12)c1ccc(Cl)cc1. The van der Waals surface area contributed by atoms with Gasteiger partial charge in [-0.2, -0.15) is 0 Å². The van der Waals surface area contributed by atoms with E-state index in [0.717, 1.165) is 11.2 Å². The third-order valence-electron chi connectivity index (χ3n) is 3.64. The van der Waals surface area contributed by atoms with E-state index in [1.807, 2.05) is 47.9 Å². The first-order valence-electron chi connectivity index (χ1n) is 7.41. The molecule has 0 bridgehead atoms. The van der Waals surface area contributed by atoms with Crippen LogP contribution in [-0.2, 0) is 4.79 Å². The molecule has 24 heavy (non-hydrogen) atoms. The maximum Gasteiger partial charge on any atom is 0.244 e. The number of hydrogen-bond acceptors (Lipinski definition) is 2. The van der Waals surface area contributed by atoms with E-state index in [9.17, 15) is 4.79 Å². The number of carbonyl (C=O) groups excluding carboxylic acids is 1. The van der Waals surface area contributed by atoms with Crippen LogP contribution in [0.15, 0.2) is 54.7 Å². The smallest absolute Gasteiger partial charge is 0.244 e. The first kappa shape index (κ1) is 16.6. The summed E-state index contributed by atoms with van der Waals surface area (Å²) in [6.45, 7) is 1.91. The van der Waals surface area contributed by atoms with Gasteiger partial charge >= 0.3 is 0 Å². The van der Waals surface area contributed by atoms with Gasteiger partial charge in [0.1, 0.15) is 5.65 Å². The minimum atomic E-state index is -0.209. The van der Waals surface area contributed by atoms with Crippen LogP contribution in [0, 0.1) is 0 Å². The number of nitrogens with one attached hydrogen (secondary N) is 1.